The molecule has 0 aromatic rings. The number of nitrogens with one attached hydrogen (secondary N) is 2. The Morgan fingerprint density at radius 2 is 2.14 bits per heavy atom. The summed E-state index contributed by atoms with van der Waals surface area (Å²) in [5.41, 5.74) is 0. The highest BCUT2D eigenvalue weighted by Crippen LogP contribution is 1.96. The van der Waals surface area contributed by atoms with Crippen LogP contribution in [0.2, 0.25) is 0 Å². The van der Waals surface area contributed by atoms with E-state index in [0.29, 0.717) is 0 Å². The third-order valence-electron chi connectivity index (χ3n) is 2.27. The van der Waals surface area contributed by atoms with Crippen LogP contribution >= 0.6 is 0 Å². The Morgan fingerprint density at radius 3 is 2.79 bits per heavy atom. The van der Waals surface area contributed by atoms with Crippen molar-refractivity contribution in [3.8, 4) is 0 Å². The molecule has 1 aliphatic rings. The molecular weight excluding hydrogens is 182 g/mol. The van der Waals surface area contributed by atoms with E-state index < -0.39 is 0 Å². The molecule has 0 radical (unpaired) electrons. The molecule has 2 amide bonds. The first kappa shape index (κ1) is 11.3. The maximum Gasteiger partial charge on any atom is 0.314 e. The van der Waals surface area contributed by atoms with Crippen LogP contribution in [0.4, 0.5) is 4.79 Å². The second kappa shape index (κ2) is 6.62. The summed E-state index contributed by atoms with van der Waals surface area (Å²) < 4.78 is 5.24. The van der Waals surface area contributed by atoms with Crippen LogP contribution in [-0.2, 0) is 4.74 Å². The highest BCUT2D eigenvalue weighted by molar-refractivity contribution is 5.73. The van der Waals surface area contributed by atoms with E-state index in [9.17, 15) is 4.79 Å². The lowest BCUT2D eigenvalue weighted by molar-refractivity contribution is 0.0375. The number of carbonyl (C=O) groups is 1. The van der Waals surface area contributed by atoms with Gasteiger partial charge in [-0.1, -0.05) is 0 Å². The van der Waals surface area contributed by atoms with Crippen molar-refractivity contribution in [2.45, 2.75) is 6.42 Å². The van der Waals surface area contributed by atoms with E-state index in [-0.39, 0.29) is 6.03 Å². The number of carbonyl (C=O) groups excluding carboxylic acids is 1. The Kier molecular flexibility index (Phi) is 5.32. The Hall–Kier alpha value is -0.810. The van der Waals surface area contributed by atoms with Gasteiger partial charge in [-0.05, 0) is 13.0 Å². The van der Waals surface area contributed by atoms with Crippen molar-refractivity contribution >= 4 is 6.03 Å². The fourth-order valence-corrected chi connectivity index (χ4v) is 1.42. The quantitative estimate of drug-likeness (QED) is 0.611. The molecule has 1 saturated heterocycles. The Bertz CT molecular complexity index is 169. The van der Waals surface area contributed by atoms with E-state index in [2.05, 4.69) is 15.5 Å². The Balaban J connectivity index is 1.94. The summed E-state index contributed by atoms with van der Waals surface area (Å²) in [4.78, 5) is 13.2. The average Bonchev–Trinajstić information content (AvgIpc) is 2.25. The molecule has 0 aromatic heterocycles. The fraction of sp³-hybridized carbons (Fsp3) is 0.889. The molecule has 5 heteroatoms. The first-order valence-corrected chi connectivity index (χ1v) is 5.08. The van der Waals surface area contributed by atoms with Crippen molar-refractivity contribution in [2.75, 3.05) is 46.4 Å². The van der Waals surface area contributed by atoms with Gasteiger partial charge in [0.2, 0.25) is 0 Å². The van der Waals surface area contributed by atoms with Crippen molar-refractivity contribution in [1.29, 1.82) is 0 Å². The van der Waals surface area contributed by atoms with Gasteiger partial charge in [0.15, 0.2) is 0 Å². The zero-order valence-corrected chi connectivity index (χ0v) is 8.71. The number of nitrogens with zero attached hydrogens (tertiary/aromatic N) is 1. The zero-order chi connectivity index (χ0) is 10.2. The molecule has 1 heterocycles. The Labute approximate surface area is 84.8 Å². The van der Waals surface area contributed by atoms with Gasteiger partial charge in [0.1, 0.15) is 0 Å². The number of amides is 2. The molecule has 0 atom stereocenters. The van der Waals surface area contributed by atoms with Crippen molar-refractivity contribution in [3.05, 3.63) is 0 Å². The van der Waals surface area contributed by atoms with Gasteiger partial charge in [0.25, 0.3) is 0 Å². The number of hydrogen-bond acceptors (Lipinski definition) is 3. The first-order valence-electron chi connectivity index (χ1n) is 5.08. The number of urea groups is 1. The predicted octanol–water partition coefficient (Wildman–Crippen LogP) is -0.362. The molecule has 0 bridgehead atoms. The molecule has 1 rings (SSSR count). The van der Waals surface area contributed by atoms with E-state index in [1.54, 1.807) is 7.05 Å². The lowest BCUT2D eigenvalue weighted by Crippen LogP contribution is -2.39. The molecule has 0 aromatic carbocycles. The molecule has 0 saturated carbocycles. The summed E-state index contributed by atoms with van der Waals surface area (Å²) in [6.07, 6.45) is 0.993. The molecule has 5 nitrogen and oxygen atoms in total. The summed E-state index contributed by atoms with van der Waals surface area (Å²) >= 11 is 0. The van der Waals surface area contributed by atoms with Gasteiger partial charge < -0.3 is 15.4 Å². The minimum atomic E-state index is -0.105. The predicted molar refractivity (Wildman–Crippen MR) is 54.3 cm³/mol. The SMILES string of the molecule is CNC(=O)NCCCN1CCOCC1. The van der Waals surface area contributed by atoms with Crippen LogP contribution in [0.3, 0.4) is 0 Å². The van der Waals surface area contributed by atoms with Crippen LogP contribution in [0.5, 0.6) is 0 Å². The maximum absolute atomic E-state index is 10.8. The van der Waals surface area contributed by atoms with Gasteiger partial charge in [-0.2, -0.15) is 0 Å². The van der Waals surface area contributed by atoms with Gasteiger partial charge in [-0.15, -0.1) is 0 Å². The second-order valence-corrected chi connectivity index (χ2v) is 3.31. The van der Waals surface area contributed by atoms with Crippen LogP contribution in [-0.4, -0.2) is 57.4 Å². The molecule has 1 aliphatic heterocycles. The highest BCUT2D eigenvalue weighted by Gasteiger charge is 2.08. The number of hydrogen-bond donors (Lipinski definition) is 2. The minimum absolute atomic E-state index is 0.105. The molecule has 0 aliphatic carbocycles. The van der Waals surface area contributed by atoms with E-state index in [4.69, 9.17) is 4.74 Å². The van der Waals surface area contributed by atoms with E-state index in [1.807, 2.05) is 0 Å². The summed E-state index contributed by atoms with van der Waals surface area (Å²) in [5.74, 6) is 0. The topological polar surface area (TPSA) is 53.6 Å². The van der Waals surface area contributed by atoms with Crippen LogP contribution in [0, 0.1) is 0 Å². The third-order valence-corrected chi connectivity index (χ3v) is 2.27. The van der Waals surface area contributed by atoms with Crippen molar-refractivity contribution in [1.82, 2.24) is 15.5 Å². The van der Waals surface area contributed by atoms with Crippen LogP contribution < -0.4 is 10.6 Å². The van der Waals surface area contributed by atoms with Gasteiger partial charge in [-0.3, -0.25) is 4.90 Å². The largest absolute Gasteiger partial charge is 0.379 e. The van der Waals surface area contributed by atoms with Gasteiger partial charge >= 0.3 is 6.03 Å². The number of ether oxygens (including phenoxy) is 1. The summed E-state index contributed by atoms with van der Waals surface area (Å²) in [6, 6.07) is -0.105. The molecule has 1 fully saturated rings. The maximum atomic E-state index is 10.8. The molecular formula is C9H19N3O2. The normalized spacial score (nSPS) is 17.8. The second-order valence-electron chi connectivity index (χ2n) is 3.31. The Morgan fingerprint density at radius 1 is 1.43 bits per heavy atom. The van der Waals surface area contributed by atoms with Crippen LogP contribution in [0.15, 0.2) is 0 Å². The molecule has 0 unspecified atom stereocenters. The first-order chi connectivity index (χ1) is 6.83. The fourth-order valence-electron chi connectivity index (χ4n) is 1.42. The van der Waals surface area contributed by atoms with Crippen LogP contribution in [0.25, 0.3) is 0 Å². The number of morpholine rings is 1. The standard InChI is InChI=1S/C9H19N3O2/c1-10-9(13)11-3-2-4-12-5-7-14-8-6-12/h2-8H2,1H3,(H2,10,11,13). The van der Waals surface area contributed by atoms with E-state index in [0.717, 1.165) is 45.8 Å². The monoisotopic (exact) mass is 201 g/mol. The third kappa shape index (κ3) is 4.43. The average molecular weight is 201 g/mol. The number of rotatable bonds is 4. The summed E-state index contributed by atoms with van der Waals surface area (Å²) in [5, 5.41) is 5.28. The zero-order valence-electron chi connectivity index (χ0n) is 8.71. The van der Waals surface area contributed by atoms with Gasteiger partial charge in [0.05, 0.1) is 13.2 Å². The van der Waals surface area contributed by atoms with Crippen molar-refractivity contribution in [2.24, 2.45) is 0 Å². The van der Waals surface area contributed by atoms with Gasteiger partial charge in [0, 0.05) is 26.7 Å². The molecule has 14 heavy (non-hydrogen) atoms. The molecule has 82 valence electrons. The molecule has 2 N–H and O–H groups in total. The molecule has 0 spiro atoms. The summed E-state index contributed by atoms with van der Waals surface area (Å²) in [7, 11) is 1.62. The van der Waals surface area contributed by atoms with E-state index in [1.165, 1.54) is 0 Å². The van der Waals surface area contributed by atoms with Crippen molar-refractivity contribution in [3.63, 3.8) is 0 Å². The van der Waals surface area contributed by atoms with E-state index >= 15 is 0 Å². The summed E-state index contributed by atoms with van der Waals surface area (Å²) in [6.45, 7) is 5.47. The lowest BCUT2D eigenvalue weighted by atomic mass is 10.3. The highest BCUT2D eigenvalue weighted by atomic mass is 16.5. The van der Waals surface area contributed by atoms with Crippen LogP contribution in [0.1, 0.15) is 6.42 Å². The lowest BCUT2D eigenvalue weighted by Gasteiger charge is -2.26. The minimum Gasteiger partial charge on any atom is -0.379 e. The van der Waals surface area contributed by atoms with Crippen molar-refractivity contribution < 1.29 is 9.53 Å². The van der Waals surface area contributed by atoms with Gasteiger partial charge in [-0.25, -0.2) is 4.79 Å². The smallest absolute Gasteiger partial charge is 0.314 e.